The van der Waals surface area contributed by atoms with Crippen molar-refractivity contribution in [3.8, 4) is 11.5 Å². The third-order valence-corrected chi connectivity index (χ3v) is 15.1. The van der Waals surface area contributed by atoms with E-state index in [4.69, 9.17) is 21.2 Å². The van der Waals surface area contributed by atoms with Gasteiger partial charge in [0.05, 0.1) is 16.8 Å². The number of hydrogen-bond acceptors (Lipinski definition) is 13. The van der Waals surface area contributed by atoms with Crippen molar-refractivity contribution in [1.29, 1.82) is 0 Å². The van der Waals surface area contributed by atoms with Gasteiger partial charge in [0.25, 0.3) is 23.6 Å². The summed E-state index contributed by atoms with van der Waals surface area (Å²) in [6.07, 6.45) is 5.50. The van der Waals surface area contributed by atoms with Gasteiger partial charge in [-0.2, -0.15) is 0 Å². The van der Waals surface area contributed by atoms with Gasteiger partial charge in [-0.3, -0.25) is 53.8 Å². The highest BCUT2D eigenvalue weighted by molar-refractivity contribution is 6.25. The highest BCUT2D eigenvalue weighted by atomic mass is 16.5. The lowest BCUT2D eigenvalue weighted by Crippen LogP contribution is -2.54. The van der Waals surface area contributed by atoms with Gasteiger partial charge in [-0.1, -0.05) is 30.3 Å². The second-order valence-corrected chi connectivity index (χ2v) is 19.4. The first kappa shape index (κ1) is 47.3. The predicted octanol–water partition coefficient (Wildman–Crippen LogP) is 4.13. The zero-order chi connectivity index (χ0) is 49.2. The van der Waals surface area contributed by atoms with Crippen molar-refractivity contribution in [3.05, 3.63) is 130 Å². The Kier molecular flexibility index (Phi) is 13.7. The Bertz CT molecular complexity index is 2760. The van der Waals surface area contributed by atoms with Crippen LogP contribution in [0.2, 0.25) is 0 Å². The molecule has 0 spiro atoms. The van der Waals surface area contributed by atoms with E-state index in [9.17, 15) is 28.8 Å². The Labute approximate surface area is 412 Å². The third kappa shape index (κ3) is 10.1. The van der Waals surface area contributed by atoms with Gasteiger partial charge in [-0.05, 0) is 122 Å². The van der Waals surface area contributed by atoms with Gasteiger partial charge >= 0.3 is 0 Å². The number of fused-ring (bicyclic) bond motifs is 1. The second kappa shape index (κ2) is 20.5. The number of ether oxygens (including phenoxy) is 1. The Hall–Kier alpha value is -7.37. The molecule has 368 valence electrons. The molecule has 0 bridgehead atoms. The normalized spacial score (nSPS) is 23.6. The Morgan fingerprint density at radius 1 is 0.690 bits per heavy atom. The predicted molar refractivity (Wildman–Crippen MR) is 267 cm³/mol. The maximum absolute atomic E-state index is 13.6. The number of nitrogens with two attached hydrogens (primary N) is 2. The summed E-state index contributed by atoms with van der Waals surface area (Å²) in [5.74, 6) is -0.818. The Morgan fingerprint density at radius 2 is 1.37 bits per heavy atom. The van der Waals surface area contributed by atoms with E-state index in [0.717, 1.165) is 81.2 Å². The van der Waals surface area contributed by atoms with Crippen molar-refractivity contribution < 1.29 is 33.5 Å². The van der Waals surface area contributed by atoms with Crippen LogP contribution in [0.3, 0.4) is 0 Å². The van der Waals surface area contributed by atoms with Gasteiger partial charge < -0.3 is 31.3 Å². The Balaban J connectivity index is 0.655. The summed E-state index contributed by atoms with van der Waals surface area (Å²) in [4.78, 5) is 91.9. The number of rotatable bonds is 12. The van der Waals surface area contributed by atoms with Crippen LogP contribution in [0.1, 0.15) is 87.1 Å². The first-order valence-corrected chi connectivity index (χ1v) is 24.9. The van der Waals surface area contributed by atoms with Crippen molar-refractivity contribution in [2.75, 3.05) is 63.8 Å². The molecule has 1 unspecified atom stereocenters. The zero-order valence-corrected chi connectivity index (χ0v) is 39.8. The van der Waals surface area contributed by atoms with E-state index < -0.39 is 35.6 Å². The van der Waals surface area contributed by atoms with Crippen molar-refractivity contribution in [2.24, 2.45) is 22.4 Å². The molecule has 2 atom stereocenters. The quantitative estimate of drug-likeness (QED) is 0.117. The van der Waals surface area contributed by atoms with Crippen molar-refractivity contribution >= 4 is 52.7 Å². The van der Waals surface area contributed by atoms with Crippen LogP contribution in [0.5, 0.6) is 11.5 Å². The maximum atomic E-state index is 13.6. The number of aliphatic imine (C=N–C) groups is 1. The molecule has 6 amide bonds. The molecule has 0 aromatic heterocycles. The number of amides is 6. The number of piperidine rings is 1. The molecule has 17 nitrogen and oxygen atoms in total. The molecule has 17 heteroatoms. The van der Waals surface area contributed by atoms with Crippen LogP contribution in [-0.4, -0.2) is 138 Å². The molecule has 1 aliphatic carbocycles. The fourth-order valence-corrected chi connectivity index (χ4v) is 11.1. The number of imide groups is 2. The second-order valence-electron chi connectivity index (χ2n) is 19.4. The number of amidine groups is 1. The van der Waals surface area contributed by atoms with Crippen molar-refractivity contribution in [1.82, 2.24) is 30.2 Å². The number of anilines is 1. The van der Waals surface area contributed by atoms with Crippen LogP contribution >= 0.6 is 0 Å². The maximum Gasteiger partial charge on any atom is 0.262 e. The number of carbonyl (C=O) groups is 6. The number of nitrogens with zero attached hydrogens (tertiary/aromatic N) is 6. The van der Waals surface area contributed by atoms with Gasteiger partial charge in [0.2, 0.25) is 11.8 Å². The molecule has 5 heterocycles. The first-order valence-electron chi connectivity index (χ1n) is 24.9. The summed E-state index contributed by atoms with van der Waals surface area (Å²) in [5.41, 5.74) is 16.7. The largest absolute Gasteiger partial charge is 0.457 e. The summed E-state index contributed by atoms with van der Waals surface area (Å²) in [7, 11) is 0. The average molecular weight is 961 g/mol. The van der Waals surface area contributed by atoms with E-state index in [1.54, 1.807) is 11.0 Å². The standard InChI is InChI=1S/C54H60N10O7/c55-48(36-10-17-41(18-11-36)71-40-4-2-1-3-5-40)47(49(56)66)50-57-23-22-44(58-50)35-8-15-39(16-9-35)61-26-24-60(25-27-61)33-34-6-13-38(14-7-34)62-28-30-63(31-29-62)52(68)37-12-19-42-43(32-37)54(70)64(53(42)69)45-20-21-46(65)59-51(45)67/h1-7,10-14,17-19,32,35,39,44-45H,8-9,15-16,20-31,33,55H2,(H2,56,66)(H,57,58)(H,59,65,67)/t35?,39?,44-,45?/m0/s1. The average Bonchev–Trinajstić information content (AvgIpc) is 3.64. The van der Waals surface area contributed by atoms with Crippen LogP contribution < -0.4 is 31.7 Å². The van der Waals surface area contributed by atoms with Gasteiger partial charge in [0, 0.05) is 95.2 Å². The van der Waals surface area contributed by atoms with Crippen LogP contribution in [0.25, 0.3) is 5.70 Å². The number of hydrogen-bond donors (Lipinski definition) is 4. The summed E-state index contributed by atoms with van der Waals surface area (Å²) in [5, 5.41) is 5.80. The van der Waals surface area contributed by atoms with Gasteiger partial charge in [-0.15, -0.1) is 0 Å². The summed E-state index contributed by atoms with van der Waals surface area (Å²) < 4.78 is 5.93. The minimum atomic E-state index is -1.06. The van der Waals surface area contributed by atoms with Crippen LogP contribution in [0.15, 0.2) is 108 Å². The Morgan fingerprint density at radius 3 is 2.06 bits per heavy atom. The molecule has 6 N–H and O–H groups in total. The van der Waals surface area contributed by atoms with E-state index in [1.807, 2.05) is 54.6 Å². The van der Waals surface area contributed by atoms with E-state index in [0.29, 0.717) is 73.1 Å². The van der Waals surface area contributed by atoms with E-state index in [1.165, 1.54) is 17.7 Å². The molecule has 6 aliphatic rings. The zero-order valence-electron chi connectivity index (χ0n) is 39.8. The number of primary amides is 1. The van der Waals surface area contributed by atoms with Crippen LogP contribution in [-0.2, 0) is 20.9 Å². The molecular formula is C54H60N10O7. The number of carbonyl (C=O) groups excluding carboxylic acids is 6. The third-order valence-electron chi connectivity index (χ3n) is 15.1. The molecule has 0 radical (unpaired) electrons. The summed E-state index contributed by atoms with van der Waals surface area (Å²) >= 11 is 0. The fourth-order valence-electron chi connectivity index (χ4n) is 11.1. The lowest BCUT2D eigenvalue weighted by Gasteiger charge is -2.43. The number of para-hydroxylation sites is 1. The molecule has 71 heavy (non-hydrogen) atoms. The minimum absolute atomic E-state index is 0.0382. The molecule has 1 saturated carbocycles. The van der Waals surface area contributed by atoms with E-state index in [2.05, 4.69) is 49.6 Å². The topological polar surface area (TPSA) is 216 Å². The van der Waals surface area contributed by atoms with Gasteiger partial charge in [-0.25, -0.2) is 0 Å². The molecule has 4 aromatic rings. The highest BCUT2D eigenvalue weighted by Gasteiger charge is 2.45. The first-order chi connectivity index (χ1) is 34.5. The number of piperazine rings is 2. The molecule has 4 aromatic carbocycles. The number of benzene rings is 4. The molecule has 3 saturated heterocycles. The van der Waals surface area contributed by atoms with Gasteiger partial charge in [0.1, 0.15) is 28.9 Å². The highest BCUT2D eigenvalue weighted by Crippen LogP contribution is 2.34. The van der Waals surface area contributed by atoms with Gasteiger partial charge in [0.15, 0.2) is 0 Å². The molecular weight excluding hydrogens is 901 g/mol. The molecule has 5 aliphatic heterocycles. The van der Waals surface area contributed by atoms with Crippen LogP contribution in [0.4, 0.5) is 5.69 Å². The smallest absolute Gasteiger partial charge is 0.262 e. The number of nitrogens with one attached hydrogen (secondary N) is 2. The lowest BCUT2D eigenvalue weighted by atomic mass is 9.79. The molecule has 4 fully saturated rings. The lowest BCUT2D eigenvalue weighted by molar-refractivity contribution is -0.136. The fraction of sp³-hybridized carbons (Fsp3) is 0.389. The monoisotopic (exact) mass is 960 g/mol. The summed E-state index contributed by atoms with van der Waals surface area (Å²) in [6.45, 7) is 7.92. The SMILES string of the molecule is NC(=O)C(C1=NCC[C@@H](C2CCC(N3CCN(Cc4ccc(N5CCN(C(=O)c6ccc7c(c6)C(=O)N(C6CCC(=O)NC6=O)C7=O)CC5)cc4)CC3)CC2)N1)=C(N)c1ccc(Oc2ccccc2)cc1. The van der Waals surface area contributed by atoms with Crippen molar-refractivity contribution in [3.63, 3.8) is 0 Å². The van der Waals surface area contributed by atoms with E-state index >= 15 is 0 Å². The minimum Gasteiger partial charge on any atom is -0.457 e. The van der Waals surface area contributed by atoms with Crippen molar-refractivity contribution in [2.45, 2.75) is 69.6 Å². The van der Waals surface area contributed by atoms with Crippen LogP contribution in [0, 0.1) is 5.92 Å². The van der Waals surface area contributed by atoms with E-state index in [-0.39, 0.29) is 41.5 Å². The summed E-state index contributed by atoms with van der Waals surface area (Å²) in [6, 6.07) is 29.8. The molecule has 10 rings (SSSR count).